The molecule has 0 aliphatic heterocycles. The Kier molecular flexibility index (Phi) is 2.74. The van der Waals surface area contributed by atoms with Gasteiger partial charge in [0.1, 0.15) is 6.33 Å². The molecule has 3 rings (SSSR count). The summed E-state index contributed by atoms with van der Waals surface area (Å²) >= 11 is 6.31. The maximum atomic E-state index is 6.31. The molecule has 2 heterocycles. The molecule has 0 fully saturated rings. The second-order valence-corrected chi connectivity index (χ2v) is 4.29. The van der Waals surface area contributed by atoms with Gasteiger partial charge in [0, 0.05) is 12.7 Å². The lowest BCUT2D eigenvalue weighted by Gasteiger charge is -2.08. The number of fused-ring (bicyclic) bond motifs is 1. The Labute approximate surface area is 109 Å². The summed E-state index contributed by atoms with van der Waals surface area (Å²) in [4.78, 5) is 8.64. The van der Waals surface area contributed by atoms with Crippen LogP contribution in [0.25, 0.3) is 16.9 Å². The van der Waals surface area contributed by atoms with Crippen molar-refractivity contribution in [3.8, 4) is 5.82 Å². The molecule has 0 amide bonds. The minimum Gasteiger partial charge on any atom is -0.326 e. The van der Waals surface area contributed by atoms with Crippen LogP contribution in [-0.2, 0) is 6.54 Å². The molecule has 4 nitrogen and oxygen atoms in total. The third-order valence-corrected chi connectivity index (χ3v) is 3.26. The smallest absolute Gasteiger partial charge is 0.157 e. The number of pyridine rings is 1. The van der Waals surface area contributed by atoms with Crippen molar-refractivity contribution < 1.29 is 0 Å². The highest BCUT2D eigenvalue weighted by atomic mass is 35.5. The first-order chi connectivity index (χ1) is 8.81. The van der Waals surface area contributed by atoms with Crippen LogP contribution in [0.4, 0.5) is 0 Å². The maximum Gasteiger partial charge on any atom is 0.157 e. The SMILES string of the molecule is NCc1ccnc(-n2cnc3ccccc32)c1Cl. The normalized spacial score (nSPS) is 11.0. The average Bonchev–Trinajstić information content (AvgIpc) is 2.83. The van der Waals surface area contributed by atoms with Crippen LogP contribution in [0.3, 0.4) is 0 Å². The number of hydrogen-bond acceptors (Lipinski definition) is 3. The van der Waals surface area contributed by atoms with Crippen molar-refractivity contribution >= 4 is 22.6 Å². The topological polar surface area (TPSA) is 56.7 Å². The number of benzene rings is 1. The first-order valence-corrected chi connectivity index (χ1v) is 5.95. The quantitative estimate of drug-likeness (QED) is 0.768. The summed E-state index contributed by atoms with van der Waals surface area (Å²) in [5, 5.41) is 0.572. The Bertz CT molecular complexity index is 705. The molecule has 0 saturated carbocycles. The van der Waals surface area contributed by atoms with Crippen LogP contribution >= 0.6 is 11.6 Å². The van der Waals surface area contributed by atoms with Gasteiger partial charge in [-0.2, -0.15) is 0 Å². The van der Waals surface area contributed by atoms with E-state index in [4.69, 9.17) is 17.3 Å². The number of imidazole rings is 1. The predicted molar refractivity (Wildman–Crippen MR) is 71.8 cm³/mol. The van der Waals surface area contributed by atoms with E-state index in [1.54, 1.807) is 12.5 Å². The van der Waals surface area contributed by atoms with Crippen molar-refractivity contribution in [3.63, 3.8) is 0 Å². The van der Waals surface area contributed by atoms with Crippen LogP contribution < -0.4 is 5.73 Å². The minimum absolute atomic E-state index is 0.390. The van der Waals surface area contributed by atoms with Gasteiger partial charge in [-0.05, 0) is 23.8 Å². The van der Waals surface area contributed by atoms with Crippen LogP contribution in [-0.4, -0.2) is 14.5 Å². The summed E-state index contributed by atoms with van der Waals surface area (Å²) in [5.41, 5.74) is 8.41. The molecule has 2 aromatic heterocycles. The zero-order valence-electron chi connectivity index (χ0n) is 9.55. The Balaban J connectivity index is 2.26. The van der Waals surface area contributed by atoms with Gasteiger partial charge in [-0.15, -0.1) is 0 Å². The third kappa shape index (κ3) is 1.66. The largest absolute Gasteiger partial charge is 0.326 e. The highest BCUT2D eigenvalue weighted by Gasteiger charge is 2.11. The number of hydrogen-bond donors (Lipinski definition) is 1. The van der Waals surface area contributed by atoms with Crippen LogP contribution in [0, 0.1) is 0 Å². The van der Waals surface area contributed by atoms with E-state index in [1.807, 2.05) is 34.9 Å². The van der Waals surface area contributed by atoms with Gasteiger partial charge in [0.25, 0.3) is 0 Å². The molecule has 2 N–H and O–H groups in total. The van der Waals surface area contributed by atoms with Gasteiger partial charge in [-0.25, -0.2) is 9.97 Å². The average molecular weight is 259 g/mol. The summed E-state index contributed by atoms with van der Waals surface area (Å²) in [6.07, 6.45) is 3.43. The third-order valence-electron chi connectivity index (χ3n) is 2.85. The van der Waals surface area contributed by atoms with E-state index in [1.165, 1.54) is 0 Å². The zero-order valence-corrected chi connectivity index (χ0v) is 10.3. The van der Waals surface area contributed by atoms with E-state index < -0.39 is 0 Å². The van der Waals surface area contributed by atoms with Gasteiger partial charge in [-0.1, -0.05) is 23.7 Å². The fourth-order valence-electron chi connectivity index (χ4n) is 1.92. The fraction of sp³-hybridized carbons (Fsp3) is 0.0769. The molecule has 0 aliphatic carbocycles. The molecule has 0 radical (unpaired) electrons. The summed E-state index contributed by atoms with van der Waals surface area (Å²) in [6.45, 7) is 0.390. The first kappa shape index (κ1) is 11.2. The van der Waals surface area contributed by atoms with E-state index >= 15 is 0 Å². The lowest BCUT2D eigenvalue weighted by Crippen LogP contribution is -2.03. The molecule has 0 spiro atoms. The Hall–Kier alpha value is -1.91. The van der Waals surface area contributed by atoms with Gasteiger partial charge in [0.15, 0.2) is 5.82 Å². The van der Waals surface area contributed by atoms with E-state index in [0.29, 0.717) is 17.4 Å². The van der Waals surface area contributed by atoms with Crippen molar-refractivity contribution in [2.45, 2.75) is 6.54 Å². The second kappa shape index (κ2) is 4.40. The van der Waals surface area contributed by atoms with Gasteiger partial charge in [0.2, 0.25) is 0 Å². The predicted octanol–water partition coefficient (Wildman–Crippen LogP) is 2.53. The van der Waals surface area contributed by atoms with E-state index in [9.17, 15) is 0 Å². The van der Waals surface area contributed by atoms with Crippen LogP contribution in [0.2, 0.25) is 5.02 Å². The Morgan fingerprint density at radius 1 is 1.17 bits per heavy atom. The number of para-hydroxylation sites is 2. The second-order valence-electron chi connectivity index (χ2n) is 3.92. The highest BCUT2D eigenvalue weighted by molar-refractivity contribution is 6.33. The molecule has 0 bridgehead atoms. The van der Waals surface area contributed by atoms with E-state index in [0.717, 1.165) is 16.6 Å². The molecule has 0 saturated heterocycles. The van der Waals surface area contributed by atoms with Crippen LogP contribution in [0.15, 0.2) is 42.9 Å². The molecule has 1 aromatic carbocycles. The molecule has 90 valence electrons. The minimum atomic E-state index is 0.390. The van der Waals surface area contributed by atoms with Gasteiger partial charge >= 0.3 is 0 Å². The lowest BCUT2D eigenvalue weighted by molar-refractivity contribution is 0.989. The molecular formula is C13H11ClN4. The highest BCUT2D eigenvalue weighted by Crippen LogP contribution is 2.25. The molecule has 18 heavy (non-hydrogen) atoms. The van der Waals surface area contributed by atoms with Crippen molar-refractivity contribution in [1.29, 1.82) is 0 Å². The van der Waals surface area contributed by atoms with E-state index in [2.05, 4.69) is 9.97 Å². The standard InChI is InChI=1S/C13H11ClN4/c14-12-9(7-15)5-6-16-13(12)18-8-17-10-3-1-2-4-11(10)18/h1-6,8H,7,15H2. The summed E-state index contributed by atoms with van der Waals surface area (Å²) < 4.78 is 1.87. The lowest BCUT2D eigenvalue weighted by atomic mass is 10.2. The van der Waals surface area contributed by atoms with Crippen molar-refractivity contribution in [2.75, 3.05) is 0 Å². The van der Waals surface area contributed by atoms with Gasteiger partial charge < -0.3 is 5.73 Å². The molecule has 0 unspecified atom stereocenters. The van der Waals surface area contributed by atoms with Crippen LogP contribution in [0.5, 0.6) is 0 Å². The first-order valence-electron chi connectivity index (χ1n) is 5.57. The summed E-state index contributed by atoms with van der Waals surface area (Å²) in [7, 11) is 0. The fourth-order valence-corrected chi connectivity index (χ4v) is 2.20. The van der Waals surface area contributed by atoms with Gasteiger partial charge in [0.05, 0.1) is 16.1 Å². The molecule has 0 aliphatic rings. The maximum absolute atomic E-state index is 6.31. The summed E-state index contributed by atoms with van der Waals surface area (Å²) in [6, 6.07) is 9.67. The van der Waals surface area contributed by atoms with Gasteiger partial charge in [-0.3, -0.25) is 4.57 Å². The number of nitrogens with two attached hydrogens (primary N) is 1. The summed E-state index contributed by atoms with van der Waals surface area (Å²) in [5.74, 6) is 0.660. The van der Waals surface area contributed by atoms with Crippen molar-refractivity contribution in [3.05, 3.63) is 53.4 Å². The van der Waals surface area contributed by atoms with Crippen LogP contribution in [0.1, 0.15) is 5.56 Å². The molecular weight excluding hydrogens is 248 g/mol. The van der Waals surface area contributed by atoms with Crippen molar-refractivity contribution in [1.82, 2.24) is 14.5 Å². The number of nitrogens with zero attached hydrogens (tertiary/aromatic N) is 3. The molecule has 5 heteroatoms. The number of rotatable bonds is 2. The molecule has 3 aromatic rings. The number of aromatic nitrogens is 3. The Morgan fingerprint density at radius 3 is 2.83 bits per heavy atom. The monoisotopic (exact) mass is 258 g/mol. The zero-order chi connectivity index (χ0) is 12.5. The Morgan fingerprint density at radius 2 is 2.00 bits per heavy atom. The molecule has 0 atom stereocenters. The van der Waals surface area contributed by atoms with E-state index in [-0.39, 0.29) is 0 Å². The number of halogens is 1. The van der Waals surface area contributed by atoms with Crippen molar-refractivity contribution in [2.24, 2.45) is 5.73 Å².